The molecule has 0 aliphatic carbocycles. The van der Waals surface area contributed by atoms with Crippen molar-refractivity contribution in [3.05, 3.63) is 29.3 Å². The van der Waals surface area contributed by atoms with Crippen LogP contribution in [0.25, 0.3) is 0 Å². The summed E-state index contributed by atoms with van der Waals surface area (Å²) in [5, 5.41) is 8.62. The number of anilines is 1. The van der Waals surface area contributed by atoms with E-state index in [-0.39, 0.29) is 6.42 Å². The van der Waals surface area contributed by atoms with E-state index in [0.29, 0.717) is 6.42 Å². The SMILES string of the molecule is CCN(CC)c1ccc(CCCC(=O)O)cc1C. The summed E-state index contributed by atoms with van der Waals surface area (Å²) in [5.41, 5.74) is 3.78. The van der Waals surface area contributed by atoms with Crippen LogP contribution in [0.15, 0.2) is 18.2 Å². The second-order valence-corrected chi connectivity index (χ2v) is 4.54. The van der Waals surface area contributed by atoms with E-state index in [4.69, 9.17) is 5.11 Å². The molecule has 3 nitrogen and oxygen atoms in total. The van der Waals surface area contributed by atoms with Gasteiger partial charge in [0.2, 0.25) is 0 Å². The molecule has 3 heteroatoms. The lowest BCUT2D eigenvalue weighted by atomic mass is 10.0. The molecule has 0 fully saturated rings. The van der Waals surface area contributed by atoms with Crippen molar-refractivity contribution in [2.24, 2.45) is 0 Å². The smallest absolute Gasteiger partial charge is 0.303 e. The number of carbonyl (C=O) groups is 1. The van der Waals surface area contributed by atoms with Crippen molar-refractivity contribution in [3.63, 3.8) is 0 Å². The van der Waals surface area contributed by atoms with Crippen LogP contribution in [0.2, 0.25) is 0 Å². The predicted octanol–water partition coefficient (Wildman–Crippen LogP) is 3.25. The number of benzene rings is 1. The monoisotopic (exact) mass is 249 g/mol. The first-order chi connectivity index (χ1) is 8.58. The average molecular weight is 249 g/mol. The summed E-state index contributed by atoms with van der Waals surface area (Å²) in [4.78, 5) is 12.8. The van der Waals surface area contributed by atoms with Crippen LogP contribution in [-0.4, -0.2) is 24.2 Å². The Morgan fingerprint density at radius 1 is 1.28 bits per heavy atom. The Labute approximate surface area is 109 Å². The van der Waals surface area contributed by atoms with Crippen LogP contribution in [-0.2, 0) is 11.2 Å². The molecule has 1 N–H and O–H groups in total. The van der Waals surface area contributed by atoms with Gasteiger partial charge in [-0.2, -0.15) is 0 Å². The fourth-order valence-electron chi connectivity index (χ4n) is 2.24. The summed E-state index contributed by atoms with van der Waals surface area (Å²) in [7, 11) is 0. The molecule has 0 atom stereocenters. The van der Waals surface area contributed by atoms with Crippen molar-refractivity contribution in [3.8, 4) is 0 Å². The summed E-state index contributed by atoms with van der Waals surface area (Å²) < 4.78 is 0. The number of carboxylic acid groups (broad SMARTS) is 1. The Morgan fingerprint density at radius 3 is 2.44 bits per heavy atom. The molecule has 0 saturated carbocycles. The highest BCUT2D eigenvalue weighted by molar-refractivity contribution is 5.66. The van der Waals surface area contributed by atoms with E-state index in [9.17, 15) is 4.79 Å². The third-order valence-electron chi connectivity index (χ3n) is 3.22. The molecule has 1 aromatic carbocycles. The maximum atomic E-state index is 10.5. The standard InChI is InChI=1S/C15H23NO2/c1-4-16(5-2)14-10-9-13(11-12(14)3)7-6-8-15(17)18/h9-11H,4-8H2,1-3H3,(H,17,18). The molecular formula is C15H23NO2. The largest absolute Gasteiger partial charge is 0.481 e. The Kier molecular flexibility index (Phi) is 5.69. The lowest BCUT2D eigenvalue weighted by molar-refractivity contribution is -0.137. The van der Waals surface area contributed by atoms with Gasteiger partial charge in [0.25, 0.3) is 0 Å². The Hall–Kier alpha value is -1.51. The maximum Gasteiger partial charge on any atom is 0.303 e. The zero-order valence-electron chi connectivity index (χ0n) is 11.6. The van der Waals surface area contributed by atoms with E-state index in [1.807, 2.05) is 0 Å². The molecule has 0 heterocycles. The lowest BCUT2D eigenvalue weighted by Crippen LogP contribution is -2.22. The molecular weight excluding hydrogens is 226 g/mol. The first kappa shape index (κ1) is 14.6. The predicted molar refractivity (Wildman–Crippen MR) is 75.3 cm³/mol. The first-order valence-corrected chi connectivity index (χ1v) is 6.64. The molecule has 100 valence electrons. The van der Waals surface area contributed by atoms with Crippen LogP contribution in [0, 0.1) is 6.92 Å². The zero-order chi connectivity index (χ0) is 13.5. The minimum atomic E-state index is -0.716. The Bertz CT molecular complexity index is 397. The molecule has 0 spiro atoms. The molecule has 0 aliphatic rings. The number of nitrogens with zero attached hydrogens (tertiary/aromatic N) is 1. The minimum Gasteiger partial charge on any atom is -0.481 e. The topological polar surface area (TPSA) is 40.5 Å². The van der Waals surface area contributed by atoms with E-state index < -0.39 is 5.97 Å². The van der Waals surface area contributed by atoms with E-state index >= 15 is 0 Å². The van der Waals surface area contributed by atoms with Gasteiger partial charge in [-0.3, -0.25) is 4.79 Å². The van der Waals surface area contributed by atoms with Gasteiger partial charge in [0.1, 0.15) is 0 Å². The number of aliphatic carboxylic acids is 1. The van der Waals surface area contributed by atoms with E-state index in [1.165, 1.54) is 16.8 Å². The van der Waals surface area contributed by atoms with Gasteiger partial charge in [-0.15, -0.1) is 0 Å². The fourth-order valence-corrected chi connectivity index (χ4v) is 2.24. The molecule has 1 aromatic rings. The molecule has 0 aliphatic heterocycles. The molecule has 0 unspecified atom stereocenters. The number of carboxylic acids is 1. The van der Waals surface area contributed by atoms with Gasteiger partial charge in [-0.05, 0) is 50.8 Å². The normalized spacial score (nSPS) is 10.4. The highest BCUT2D eigenvalue weighted by Gasteiger charge is 2.06. The summed E-state index contributed by atoms with van der Waals surface area (Å²) in [6, 6.07) is 6.44. The quantitative estimate of drug-likeness (QED) is 0.806. The summed E-state index contributed by atoms with van der Waals surface area (Å²) in [5.74, 6) is -0.716. The molecule has 0 saturated heterocycles. The van der Waals surface area contributed by atoms with Crippen molar-refractivity contribution in [2.45, 2.75) is 40.0 Å². The average Bonchev–Trinajstić information content (AvgIpc) is 2.32. The summed E-state index contributed by atoms with van der Waals surface area (Å²) in [6.45, 7) is 8.45. The van der Waals surface area contributed by atoms with E-state index in [2.05, 4.69) is 43.9 Å². The first-order valence-electron chi connectivity index (χ1n) is 6.64. The van der Waals surface area contributed by atoms with Crippen molar-refractivity contribution in [1.82, 2.24) is 0 Å². The van der Waals surface area contributed by atoms with Crippen LogP contribution < -0.4 is 4.90 Å². The molecule has 18 heavy (non-hydrogen) atoms. The molecule has 0 aromatic heterocycles. The lowest BCUT2D eigenvalue weighted by Gasteiger charge is -2.23. The van der Waals surface area contributed by atoms with Gasteiger partial charge in [-0.25, -0.2) is 0 Å². The highest BCUT2D eigenvalue weighted by atomic mass is 16.4. The molecule has 0 bridgehead atoms. The van der Waals surface area contributed by atoms with Gasteiger partial charge >= 0.3 is 5.97 Å². The minimum absolute atomic E-state index is 0.247. The number of hydrogen-bond acceptors (Lipinski definition) is 2. The Balaban J connectivity index is 2.69. The van der Waals surface area contributed by atoms with Crippen molar-refractivity contribution < 1.29 is 9.90 Å². The van der Waals surface area contributed by atoms with Crippen LogP contribution >= 0.6 is 0 Å². The van der Waals surface area contributed by atoms with E-state index in [1.54, 1.807) is 0 Å². The Morgan fingerprint density at radius 2 is 1.94 bits per heavy atom. The highest BCUT2D eigenvalue weighted by Crippen LogP contribution is 2.21. The third-order valence-corrected chi connectivity index (χ3v) is 3.22. The van der Waals surface area contributed by atoms with Gasteiger partial charge in [-0.1, -0.05) is 12.1 Å². The second-order valence-electron chi connectivity index (χ2n) is 4.54. The number of rotatable bonds is 7. The summed E-state index contributed by atoms with van der Waals surface area (Å²) >= 11 is 0. The maximum absolute atomic E-state index is 10.5. The number of hydrogen-bond donors (Lipinski definition) is 1. The van der Waals surface area contributed by atoms with Crippen molar-refractivity contribution >= 4 is 11.7 Å². The van der Waals surface area contributed by atoms with Crippen LogP contribution in [0.5, 0.6) is 0 Å². The molecule has 1 rings (SSSR count). The zero-order valence-corrected chi connectivity index (χ0v) is 11.6. The van der Waals surface area contributed by atoms with E-state index in [0.717, 1.165) is 19.5 Å². The third kappa shape index (κ3) is 4.06. The summed E-state index contributed by atoms with van der Waals surface area (Å²) in [6.07, 6.45) is 1.79. The van der Waals surface area contributed by atoms with Crippen LogP contribution in [0.3, 0.4) is 0 Å². The molecule has 0 radical (unpaired) electrons. The van der Waals surface area contributed by atoms with Gasteiger partial charge in [0.05, 0.1) is 0 Å². The van der Waals surface area contributed by atoms with Crippen LogP contribution in [0.4, 0.5) is 5.69 Å². The van der Waals surface area contributed by atoms with Crippen LogP contribution in [0.1, 0.15) is 37.8 Å². The molecule has 0 amide bonds. The fraction of sp³-hybridized carbons (Fsp3) is 0.533. The second kappa shape index (κ2) is 7.04. The van der Waals surface area contributed by atoms with Gasteiger partial charge in [0, 0.05) is 25.2 Å². The number of aryl methyl sites for hydroxylation is 2. The van der Waals surface area contributed by atoms with Gasteiger partial charge in [0.15, 0.2) is 0 Å². The van der Waals surface area contributed by atoms with Crippen molar-refractivity contribution in [1.29, 1.82) is 0 Å². The van der Waals surface area contributed by atoms with Gasteiger partial charge < -0.3 is 10.0 Å². The van der Waals surface area contributed by atoms with Crippen molar-refractivity contribution in [2.75, 3.05) is 18.0 Å².